The van der Waals surface area contributed by atoms with E-state index in [9.17, 15) is 9.90 Å². The molecule has 41 heavy (non-hydrogen) atoms. The predicted octanol–water partition coefficient (Wildman–Crippen LogP) is 9.47. The van der Waals surface area contributed by atoms with E-state index < -0.39 is 0 Å². The van der Waals surface area contributed by atoms with E-state index in [-0.39, 0.29) is 43.0 Å². The van der Waals surface area contributed by atoms with Crippen molar-refractivity contribution in [2.24, 2.45) is 11.3 Å². The molecule has 0 spiro atoms. The zero-order valence-corrected chi connectivity index (χ0v) is 28.4. The number of ether oxygens (including phenoxy) is 1. The van der Waals surface area contributed by atoms with Gasteiger partial charge in [-0.2, -0.15) is 0 Å². The number of nitrogens with zero attached hydrogens (tertiary/aromatic N) is 1. The van der Waals surface area contributed by atoms with Gasteiger partial charge in [0.05, 0.1) is 5.76 Å². The number of ketones is 1. The molecule has 1 saturated heterocycles. The van der Waals surface area contributed by atoms with Gasteiger partial charge in [-0.15, -0.1) is 34.9 Å². The molecule has 5 heteroatoms. The second-order valence-corrected chi connectivity index (χ2v) is 11.5. The maximum Gasteiger partial charge on any atom is 0.164 e. The van der Waals surface area contributed by atoms with Crippen molar-refractivity contribution in [1.82, 2.24) is 4.98 Å². The SMILES string of the molecule is CCC(CC)/C(O)=C/C(=O)C(C)(CC)CC.Cc1[c-]c(-c2nccc3cc(C4CCOCC4)ccc23)cc(C)c1.[Ir]. The molecule has 3 aromatic rings. The number of allylic oxidation sites excluding steroid dienone is 2. The van der Waals surface area contributed by atoms with E-state index >= 15 is 0 Å². The Morgan fingerprint density at radius 1 is 1.07 bits per heavy atom. The van der Waals surface area contributed by atoms with Crippen LogP contribution in [0.1, 0.15) is 95.8 Å². The summed E-state index contributed by atoms with van der Waals surface area (Å²) in [6.45, 7) is 16.0. The molecule has 0 unspecified atom stereocenters. The Hall–Kier alpha value is -2.33. The molecule has 0 bridgehead atoms. The van der Waals surface area contributed by atoms with Crippen LogP contribution in [0.5, 0.6) is 0 Å². The summed E-state index contributed by atoms with van der Waals surface area (Å²) in [5.74, 6) is 1.06. The zero-order chi connectivity index (χ0) is 29.3. The second kappa shape index (κ2) is 16.3. The van der Waals surface area contributed by atoms with Crippen LogP contribution in [0.3, 0.4) is 0 Å². The molecule has 0 saturated carbocycles. The summed E-state index contributed by atoms with van der Waals surface area (Å²) in [6.07, 6.45) is 8.98. The first-order valence-corrected chi connectivity index (χ1v) is 15.1. The molecule has 0 amide bonds. The van der Waals surface area contributed by atoms with Gasteiger partial charge in [0, 0.05) is 56.9 Å². The summed E-state index contributed by atoms with van der Waals surface area (Å²) in [5.41, 5.74) is 5.61. The van der Waals surface area contributed by atoms with Crippen LogP contribution in [0.15, 0.2) is 54.4 Å². The molecule has 4 rings (SSSR count). The summed E-state index contributed by atoms with van der Waals surface area (Å²) >= 11 is 0. The molecule has 225 valence electrons. The van der Waals surface area contributed by atoms with Crippen molar-refractivity contribution >= 4 is 16.6 Å². The number of benzene rings is 2. The van der Waals surface area contributed by atoms with Gasteiger partial charge in [-0.1, -0.05) is 66.7 Å². The topological polar surface area (TPSA) is 59.4 Å². The zero-order valence-electron chi connectivity index (χ0n) is 26.0. The number of aryl methyl sites for hydroxylation is 2. The number of fused-ring (bicyclic) bond motifs is 1. The number of aromatic nitrogens is 1. The summed E-state index contributed by atoms with van der Waals surface area (Å²) in [5, 5.41) is 12.3. The summed E-state index contributed by atoms with van der Waals surface area (Å²) < 4.78 is 5.49. The van der Waals surface area contributed by atoms with Gasteiger partial charge in [0.2, 0.25) is 0 Å². The molecule has 1 aromatic heterocycles. The number of pyridine rings is 1. The minimum absolute atomic E-state index is 0. The Morgan fingerprint density at radius 2 is 1.73 bits per heavy atom. The third-order valence-corrected chi connectivity index (χ3v) is 8.72. The van der Waals surface area contributed by atoms with Crippen LogP contribution in [0.25, 0.3) is 22.0 Å². The van der Waals surface area contributed by atoms with Gasteiger partial charge in [0.1, 0.15) is 0 Å². The van der Waals surface area contributed by atoms with Gasteiger partial charge in [0.25, 0.3) is 0 Å². The maximum atomic E-state index is 12.0. The van der Waals surface area contributed by atoms with Gasteiger partial charge in [-0.05, 0) is 72.5 Å². The number of hydrogen-bond acceptors (Lipinski definition) is 4. The van der Waals surface area contributed by atoms with Crippen LogP contribution < -0.4 is 0 Å². The van der Waals surface area contributed by atoms with Gasteiger partial charge >= 0.3 is 0 Å². The van der Waals surface area contributed by atoms with Crippen molar-refractivity contribution in [3.8, 4) is 11.3 Å². The van der Waals surface area contributed by atoms with Crippen LogP contribution in [0.4, 0.5) is 0 Å². The second-order valence-electron chi connectivity index (χ2n) is 11.5. The average molecular weight is 735 g/mol. The Kier molecular flexibility index (Phi) is 13.9. The number of carbonyl (C=O) groups excluding carboxylic acids is 1. The first-order valence-electron chi connectivity index (χ1n) is 15.1. The molecule has 1 fully saturated rings. The number of aliphatic hydroxyl groups excluding tert-OH is 1. The number of carbonyl (C=O) groups is 1. The predicted molar refractivity (Wildman–Crippen MR) is 167 cm³/mol. The first kappa shape index (κ1) is 34.9. The molecule has 1 aliphatic heterocycles. The van der Waals surface area contributed by atoms with E-state index in [1.54, 1.807) is 0 Å². The number of rotatable bonds is 9. The van der Waals surface area contributed by atoms with Crippen molar-refractivity contribution in [2.75, 3.05) is 13.2 Å². The standard InChI is InChI=1S/C22H22NO.C14H26O2.Ir/c1-15-11-16(2)13-20(12-15)22-21-4-3-18(14-19(21)5-8-23-22)17-6-9-24-10-7-17;1-6-11(7-2)12(15)10-13(16)14(5,8-3)9-4;/h3-5,8,11-12,14,17H,6-7,9-10H2,1-2H3;10-11,15H,6-9H2,1-5H3;/q-1;;/b;12-10-;. The molecule has 2 heterocycles. The minimum atomic E-state index is -0.319. The Balaban J connectivity index is 0.000000306. The maximum absolute atomic E-state index is 12.0. The van der Waals surface area contributed by atoms with Crippen LogP contribution in [-0.4, -0.2) is 29.1 Å². The third kappa shape index (κ3) is 9.08. The van der Waals surface area contributed by atoms with E-state index in [2.05, 4.69) is 61.3 Å². The first-order chi connectivity index (χ1) is 19.1. The minimum Gasteiger partial charge on any atom is -0.512 e. The molecule has 1 radical (unpaired) electrons. The molecule has 2 aromatic carbocycles. The van der Waals surface area contributed by atoms with Gasteiger partial charge < -0.3 is 14.8 Å². The van der Waals surface area contributed by atoms with Crippen LogP contribution in [-0.2, 0) is 29.6 Å². The van der Waals surface area contributed by atoms with E-state index in [1.165, 1.54) is 28.0 Å². The fraction of sp³-hybridized carbons (Fsp3) is 0.500. The largest absolute Gasteiger partial charge is 0.512 e. The van der Waals surface area contributed by atoms with Crippen molar-refractivity contribution in [2.45, 2.75) is 92.9 Å². The third-order valence-electron chi connectivity index (χ3n) is 8.72. The molecular weight excluding hydrogens is 687 g/mol. The number of hydrogen-bond donors (Lipinski definition) is 1. The van der Waals surface area contributed by atoms with Crippen molar-refractivity contribution in [1.29, 1.82) is 0 Å². The number of aliphatic hydroxyl groups is 1. The molecule has 0 atom stereocenters. The Bertz CT molecular complexity index is 1280. The van der Waals surface area contributed by atoms with Crippen LogP contribution >= 0.6 is 0 Å². The fourth-order valence-electron chi connectivity index (χ4n) is 5.45. The van der Waals surface area contributed by atoms with E-state index in [0.717, 1.165) is 68.6 Å². The van der Waals surface area contributed by atoms with Gasteiger partial charge in [-0.25, -0.2) is 0 Å². The van der Waals surface area contributed by atoms with Crippen LogP contribution in [0.2, 0.25) is 0 Å². The molecule has 1 aliphatic rings. The molecular formula is C36H48IrNO3-. The monoisotopic (exact) mass is 735 g/mol. The van der Waals surface area contributed by atoms with E-state index in [4.69, 9.17) is 4.74 Å². The van der Waals surface area contributed by atoms with Crippen molar-refractivity contribution < 1.29 is 34.7 Å². The van der Waals surface area contributed by atoms with Gasteiger partial charge in [-0.3, -0.25) is 4.79 Å². The normalized spacial score (nSPS) is 14.4. The van der Waals surface area contributed by atoms with E-state index in [0.29, 0.717) is 5.92 Å². The molecule has 1 N–H and O–H groups in total. The van der Waals surface area contributed by atoms with Crippen molar-refractivity contribution in [3.63, 3.8) is 0 Å². The average Bonchev–Trinajstić information content (AvgIpc) is 2.97. The Morgan fingerprint density at radius 3 is 2.32 bits per heavy atom. The summed E-state index contributed by atoms with van der Waals surface area (Å²) in [6, 6.07) is 16.7. The fourth-order valence-corrected chi connectivity index (χ4v) is 5.45. The smallest absolute Gasteiger partial charge is 0.164 e. The molecule has 0 aliphatic carbocycles. The summed E-state index contributed by atoms with van der Waals surface area (Å²) in [7, 11) is 0. The van der Waals surface area contributed by atoms with Crippen molar-refractivity contribution in [3.05, 3.63) is 77.2 Å². The van der Waals surface area contributed by atoms with E-state index in [1.807, 2.05) is 40.8 Å². The van der Waals surface area contributed by atoms with Crippen LogP contribution in [0, 0.1) is 31.2 Å². The van der Waals surface area contributed by atoms with Gasteiger partial charge in [0.15, 0.2) is 5.78 Å². The Labute approximate surface area is 261 Å². The molecule has 4 nitrogen and oxygen atoms in total. The quantitative estimate of drug-likeness (QED) is 0.135. The summed E-state index contributed by atoms with van der Waals surface area (Å²) in [4.78, 5) is 16.7.